The van der Waals surface area contributed by atoms with Crippen LogP contribution in [0.5, 0.6) is 0 Å². The van der Waals surface area contributed by atoms with E-state index >= 15 is 0 Å². The van der Waals surface area contributed by atoms with E-state index in [1.165, 1.54) is 18.5 Å². The number of hydrogen-bond donors (Lipinski definition) is 1. The van der Waals surface area contributed by atoms with Crippen molar-refractivity contribution >= 4 is 0 Å². The number of aliphatic hydroxyl groups is 1. The molecule has 0 radical (unpaired) electrons. The molecule has 1 saturated heterocycles. The summed E-state index contributed by atoms with van der Waals surface area (Å²) in [6, 6.07) is 0.577. The van der Waals surface area contributed by atoms with Gasteiger partial charge >= 0.3 is 0 Å². The van der Waals surface area contributed by atoms with Crippen molar-refractivity contribution in [2.75, 3.05) is 6.54 Å². The van der Waals surface area contributed by atoms with Gasteiger partial charge in [0.25, 0.3) is 0 Å². The van der Waals surface area contributed by atoms with Crippen molar-refractivity contribution in [2.45, 2.75) is 57.1 Å². The van der Waals surface area contributed by atoms with Crippen LogP contribution in [0.15, 0.2) is 12.3 Å². The highest BCUT2D eigenvalue weighted by Gasteiger charge is 2.44. The number of hydrogen-bond acceptors (Lipinski definition) is 2. The Morgan fingerprint density at radius 2 is 2.21 bits per heavy atom. The maximum atomic E-state index is 9.95. The summed E-state index contributed by atoms with van der Waals surface area (Å²) in [5.74, 6) is 0. The highest BCUT2D eigenvalue weighted by atomic mass is 16.3. The predicted octanol–water partition coefficient (Wildman–Crippen LogP) is 2.29. The molecule has 2 heteroatoms. The molecule has 14 heavy (non-hydrogen) atoms. The number of piperidine rings is 1. The van der Waals surface area contributed by atoms with Gasteiger partial charge in [-0.15, -0.1) is 0 Å². The molecule has 1 aliphatic heterocycles. The first-order valence-electron chi connectivity index (χ1n) is 5.81. The van der Waals surface area contributed by atoms with Crippen LogP contribution in [0.25, 0.3) is 0 Å². The third-order valence-electron chi connectivity index (χ3n) is 3.85. The summed E-state index contributed by atoms with van der Waals surface area (Å²) in [6.45, 7) is 7.34. The first-order valence-corrected chi connectivity index (χ1v) is 5.81. The first kappa shape index (κ1) is 10.0. The Labute approximate surface area is 86.6 Å². The molecule has 1 aliphatic carbocycles. The van der Waals surface area contributed by atoms with Gasteiger partial charge < -0.3 is 10.0 Å². The van der Waals surface area contributed by atoms with Crippen molar-refractivity contribution < 1.29 is 5.11 Å². The van der Waals surface area contributed by atoms with E-state index in [2.05, 4.69) is 18.4 Å². The molecule has 2 rings (SSSR count). The molecule has 0 unspecified atom stereocenters. The lowest BCUT2D eigenvalue weighted by Crippen LogP contribution is -2.55. The normalized spacial score (nSPS) is 38.3. The predicted molar refractivity (Wildman–Crippen MR) is 58.0 cm³/mol. The van der Waals surface area contributed by atoms with Gasteiger partial charge in [-0.3, -0.25) is 0 Å². The Morgan fingerprint density at radius 3 is 2.79 bits per heavy atom. The van der Waals surface area contributed by atoms with Crippen molar-refractivity contribution in [1.82, 2.24) is 4.90 Å². The summed E-state index contributed by atoms with van der Waals surface area (Å²) in [5, 5.41) is 9.95. The van der Waals surface area contributed by atoms with Crippen LogP contribution in [0, 0.1) is 0 Å². The van der Waals surface area contributed by atoms with Crippen LogP contribution in [0.2, 0.25) is 0 Å². The highest BCUT2D eigenvalue weighted by molar-refractivity contribution is 5.07. The van der Waals surface area contributed by atoms with Gasteiger partial charge in [0.2, 0.25) is 0 Å². The second-order valence-electron chi connectivity index (χ2n) is 4.86. The van der Waals surface area contributed by atoms with E-state index in [0.29, 0.717) is 6.04 Å². The fourth-order valence-electron chi connectivity index (χ4n) is 2.68. The highest BCUT2D eigenvalue weighted by Crippen LogP contribution is 2.40. The zero-order valence-corrected chi connectivity index (χ0v) is 9.13. The van der Waals surface area contributed by atoms with E-state index in [-0.39, 0.29) is 5.60 Å². The molecule has 1 saturated carbocycles. The largest absolute Gasteiger partial charge is 0.390 e. The van der Waals surface area contributed by atoms with Crippen molar-refractivity contribution in [3.05, 3.63) is 12.3 Å². The second kappa shape index (κ2) is 3.58. The van der Waals surface area contributed by atoms with Crippen LogP contribution < -0.4 is 0 Å². The molecule has 0 spiro atoms. The smallest absolute Gasteiger partial charge is 0.0684 e. The minimum Gasteiger partial charge on any atom is -0.390 e. The summed E-state index contributed by atoms with van der Waals surface area (Å²) < 4.78 is 0. The molecule has 0 bridgehead atoms. The maximum Gasteiger partial charge on any atom is 0.0684 e. The number of nitrogens with zero attached hydrogens (tertiary/aromatic N) is 1. The second-order valence-corrected chi connectivity index (χ2v) is 4.86. The van der Waals surface area contributed by atoms with Crippen LogP contribution in [0.3, 0.4) is 0 Å². The Balaban J connectivity index is 1.89. The monoisotopic (exact) mass is 195 g/mol. The average Bonchev–Trinajstić information content (AvgIpc) is 2.14. The van der Waals surface area contributed by atoms with Crippen molar-refractivity contribution in [3.8, 4) is 0 Å². The standard InChI is InChI=1S/C12H21NO/c1-3-12(14)8-11(9-12)13-7-5-4-6-10(13)2/h11,14H,2-9H2,1H3. The van der Waals surface area contributed by atoms with Gasteiger partial charge in [-0.1, -0.05) is 13.5 Å². The lowest BCUT2D eigenvalue weighted by molar-refractivity contribution is -0.0888. The van der Waals surface area contributed by atoms with Crippen LogP contribution >= 0.6 is 0 Å². The number of likely N-dealkylation sites (tertiary alicyclic amines) is 1. The zero-order chi connectivity index (χ0) is 10.2. The number of rotatable bonds is 2. The third-order valence-corrected chi connectivity index (χ3v) is 3.85. The molecule has 0 amide bonds. The third kappa shape index (κ3) is 1.68. The van der Waals surface area contributed by atoms with E-state index in [9.17, 15) is 5.11 Å². The average molecular weight is 195 g/mol. The van der Waals surface area contributed by atoms with Crippen LogP contribution in [0.4, 0.5) is 0 Å². The van der Waals surface area contributed by atoms with Gasteiger partial charge in [-0.05, 0) is 38.5 Å². The number of allylic oxidation sites excluding steroid dienone is 1. The maximum absolute atomic E-state index is 9.95. The van der Waals surface area contributed by atoms with Gasteiger partial charge in [0.05, 0.1) is 5.60 Å². The summed E-state index contributed by atoms with van der Waals surface area (Å²) in [4.78, 5) is 2.42. The molecule has 1 N–H and O–H groups in total. The summed E-state index contributed by atoms with van der Waals surface area (Å²) in [5.41, 5.74) is 0.932. The van der Waals surface area contributed by atoms with Gasteiger partial charge in [-0.25, -0.2) is 0 Å². The van der Waals surface area contributed by atoms with Crippen LogP contribution in [-0.4, -0.2) is 28.2 Å². The molecule has 1 heterocycles. The lowest BCUT2D eigenvalue weighted by Gasteiger charge is -2.51. The van der Waals surface area contributed by atoms with Crippen molar-refractivity contribution in [2.24, 2.45) is 0 Å². The van der Waals surface area contributed by atoms with E-state index in [0.717, 1.165) is 32.2 Å². The SMILES string of the molecule is C=C1CCCCN1C1CC(O)(CC)C1. The quantitative estimate of drug-likeness (QED) is 0.730. The van der Waals surface area contributed by atoms with Gasteiger partial charge in [-0.2, -0.15) is 0 Å². The van der Waals surface area contributed by atoms with Gasteiger partial charge in [0.1, 0.15) is 0 Å². The van der Waals surface area contributed by atoms with Crippen molar-refractivity contribution in [1.29, 1.82) is 0 Å². The molecule has 2 fully saturated rings. The molecule has 0 atom stereocenters. The van der Waals surface area contributed by atoms with E-state index in [1.807, 2.05) is 0 Å². The van der Waals surface area contributed by atoms with Gasteiger partial charge in [0.15, 0.2) is 0 Å². The summed E-state index contributed by atoms with van der Waals surface area (Å²) >= 11 is 0. The Bertz CT molecular complexity index is 230. The first-order chi connectivity index (χ1) is 6.64. The summed E-state index contributed by atoms with van der Waals surface area (Å²) in [6.07, 6.45) is 6.52. The Hall–Kier alpha value is -0.500. The Morgan fingerprint density at radius 1 is 1.50 bits per heavy atom. The van der Waals surface area contributed by atoms with E-state index in [1.54, 1.807) is 0 Å². The van der Waals surface area contributed by atoms with E-state index in [4.69, 9.17) is 0 Å². The Kier molecular flexibility index (Phi) is 2.56. The lowest BCUT2D eigenvalue weighted by atomic mass is 9.72. The van der Waals surface area contributed by atoms with Crippen LogP contribution in [-0.2, 0) is 0 Å². The molecule has 0 aromatic heterocycles. The molecule has 0 aromatic rings. The minimum absolute atomic E-state index is 0.359. The molecule has 2 aliphatic rings. The zero-order valence-electron chi connectivity index (χ0n) is 9.13. The fourth-order valence-corrected chi connectivity index (χ4v) is 2.68. The van der Waals surface area contributed by atoms with E-state index < -0.39 is 0 Å². The molecular weight excluding hydrogens is 174 g/mol. The summed E-state index contributed by atoms with van der Waals surface area (Å²) in [7, 11) is 0. The minimum atomic E-state index is -0.359. The molecule has 0 aromatic carbocycles. The van der Waals surface area contributed by atoms with Gasteiger partial charge in [0, 0.05) is 18.3 Å². The fraction of sp³-hybridized carbons (Fsp3) is 0.833. The molecular formula is C12H21NO. The van der Waals surface area contributed by atoms with Crippen LogP contribution in [0.1, 0.15) is 45.4 Å². The van der Waals surface area contributed by atoms with Crippen molar-refractivity contribution in [3.63, 3.8) is 0 Å². The topological polar surface area (TPSA) is 23.5 Å². The molecule has 2 nitrogen and oxygen atoms in total. The molecule has 80 valence electrons.